The first-order valence-electron chi connectivity index (χ1n) is 3.92. The van der Waals surface area contributed by atoms with Crippen LogP contribution in [0.5, 0.6) is 0 Å². The van der Waals surface area contributed by atoms with Crippen molar-refractivity contribution >= 4 is 32.6 Å². The third kappa shape index (κ3) is 1.75. The first kappa shape index (κ1) is 8.39. The van der Waals surface area contributed by atoms with E-state index in [9.17, 15) is 0 Å². The van der Waals surface area contributed by atoms with Crippen LogP contribution in [-0.2, 0) is 0 Å². The zero-order valence-electron chi connectivity index (χ0n) is 6.53. The Kier molecular flexibility index (Phi) is 2.57. The number of alkyl halides is 1. The predicted molar refractivity (Wildman–Crippen MR) is 59.3 cm³/mol. The van der Waals surface area contributed by atoms with Gasteiger partial charge in [-0.2, -0.15) is 0 Å². The normalized spacial score (nSPS) is 22.4. The molecule has 0 radical (unpaired) electrons. The maximum absolute atomic E-state index is 3.59. The molecular weight excluding hydrogens is 232 g/mol. The quantitative estimate of drug-likeness (QED) is 0.672. The van der Waals surface area contributed by atoms with Gasteiger partial charge in [0, 0.05) is 4.91 Å². The Morgan fingerprint density at radius 2 is 2.00 bits per heavy atom. The molecule has 0 aliphatic carbocycles. The Hall–Kier alpha value is -0.210. The second kappa shape index (κ2) is 3.67. The third-order valence-corrected chi connectivity index (χ3v) is 3.84. The van der Waals surface area contributed by atoms with Crippen molar-refractivity contribution in [2.24, 2.45) is 0 Å². The fourth-order valence-corrected chi connectivity index (χ4v) is 2.95. The number of rotatable bonds is 1. The largest absolute Gasteiger partial charge is 0.110 e. The SMILES string of the molecule is BrC1CC=C(c2ccccc2)S1. The second-order valence-electron chi connectivity index (χ2n) is 2.70. The maximum atomic E-state index is 3.59. The van der Waals surface area contributed by atoms with E-state index in [1.165, 1.54) is 10.5 Å². The minimum absolute atomic E-state index is 0.577. The summed E-state index contributed by atoms with van der Waals surface area (Å²) >= 11 is 5.48. The zero-order chi connectivity index (χ0) is 8.39. The van der Waals surface area contributed by atoms with Crippen LogP contribution in [0.25, 0.3) is 4.91 Å². The molecule has 0 nitrogen and oxygen atoms in total. The number of allylic oxidation sites excluding steroid dienone is 1. The van der Waals surface area contributed by atoms with Crippen LogP contribution in [0.15, 0.2) is 36.4 Å². The smallest absolute Gasteiger partial charge is 0.0682 e. The summed E-state index contributed by atoms with van der Waals surface area (Å²) in [5, 5.41) is 0. The van der Waals surface area contributed by atoms with Gasteiger partial charge in [0.2, 0.25) is 0 Å². The molecule has 1 heterocycles. The Morgan fingerprint density at radius 1 is 1.25 bits per heavy atom. The molecule has 2 rings (SSSR count). The molecule has 1 aromatic carbocycles. The van der Waals surface area contributed by atoms with Crippen LogP contribution in [-0.4, -0.2) is 4.16 Å². The standard InChI is InChI=1S/C10H9BrS/c11-10-7-6-9(12-10)8-4-2-1-3-5-8/h1-6,10H,7H2. The molecule has 0 saturated heterocycles. The number of hydrogen-bond acceptors (Lipinski definition) is 1. The molecule has 0 aromatic heterocycles. The summed E-state index contributed by atoms with van der Waals surface area (Å²) in [5.74, 6) is 0. The summed E-state index contributed by atoms with van der Waals surface area (Å²) in [5.41, 5.74) is 1.34. The van der Waals surface area contributed by atoms with Crippen molar-refractivity contribution in [3.63, 3.8) is 0 Å². The third-order valence-electron chi connectivity index (χ3n) is 1.80. The number of halogens is 1. The van der Waals surface area contributed by atoms with Gasteiger partial charge in [-0.25, -0.2) is 0 Å². The first-order chi connectivity index (χ1) is 5.86. The van der Waals surface area contributed by atoms with Crippen LogP contribution < -0.4 is 0 Å². The fraction of sp³-hybridized carbons (Fsp3) is 0.200. The van der Waals surface area contributed by atoms with Gasteiger partial charge in [-0.05, 0) is 12.0 Å². The molecule has 0 N–H and O–H groups in total. The highest BCUT2D eigenvalue weighted by Gasteiger charge is 2.15. The van der Waals surface area contributed by atoms with Crippen LogP contribution in [0.2, 0.25) is 0 Å². The Labute approximate surface area is 85.2 Å². The van der Waals surface area contributed by atoms with Crippen molar-refractivity contribution in [2.75, 3.05) is 0 Å². The lowest BCUT2D eigenvalue weighted by atomic mass is 10.2. The molecule has 1 atom stereocenters. The van der Waals surface area contributed by atoms with E-state index < -0.39 is 0 Å². The first-order valence-corrected chi connectivity index (χ1v) is 5.72. The zero-order valence-corrected chi connectivity index (χ0v) is 8.94. The van der Waals surface area contributed by atoms with E-state index in [2.05, 4.69) is 52.3 Å². The van der Waals surface area contributed by atoms with E-state index in [4.69, 9.17) is 0 Å². The lowest BCUT2D eigenvalue weighted by Gasteiger charge is -2.01. The van der Waals surface area contributed by atoms with Crippen molar-refractivity contribution < 1.29 is 0 Å². The summed E-state index contributed by atoms with van der Waals surface area (Å²) < 4.78 is 0.577. The van der Waals surface area contributed by atoms with Gasteiger partial charge < -0.3 is 0 Å². The van der Waals surface area contributed by atoms with Crippen LogP contribution in [0.1, 0.15) is 12.0 Å². The Balaban J connectivity index is 2.22. The molecule has 1 unspecified atom stereocenters. The summed E-state index contributed by atoms with van der Waals surface area (Å²) in [6, 6.07) is 10.5. The predicted octanol–water partition coefficient (Wildman–Crippen LogP) is 3.89. The summed E-state index contributed by atoms with van der Waals surface area (Å²) in [6.45, 7) is 0. The van der Waals surface area contributed by atoms with E-state index in [0.29, 0.717) is 4.16 Å². The minimum Gasteiger partial charge on any atom is -0.110 e. The Bertz CT molecular complexity index is 292. The Morgan fingerprint density at radius 3 is 2.58 bits per heavy atom. The average molecular weight is 241 g/mol. The highest BCUT2D eigenvalue weighted by molar-refractivity contribution is 9.11. The maximum Gasteiger partial charge on any atom is 0.0682 e. The molecule has 0 fully saturated rings. The molecule has 0 amide bonds. The van der Waals surface area contributed by atoms with Gasteiger partial charge in [0.1, 0.15) is 0 Å². The summed E-state index contributed by atoms with van der Waals surface area (Å²) in [6.07, 6.45) is 3.42. The van der Waals surface area contributed by atoms with E-state index in [-0.39, 0.29) is 0 Å². The van der Waals surface area contributed by atoms with E-state index in [1.807, 2.05) is 11.8 Å². The highest BCUT2D eigenvalue weighted by atomic mass is 79.9. The van der Waals surface area contributed by atoms with Crippen LogP contribution >= 0.6 is 27.7 Å². The van der Waals surface area contributed by atoms with Gasteiger partial charge in [0.15, 0.2) is 0 Å². The summed E-state index contributed by atoms with van der Waals surface area (Å²) in [4.78, 5) is 1.40. The van der Waals surface area contributed by atoms with Gasteiger partial charge in [-0.15, -0.1) is 11.8 Å². The van der Waals surface area contributed by atoms with Gasteiger partial charge >= 0.3 is 0 Å². The van der Waals surface area contributed by atoms with Crippen LogP contribution in [0, 0.1) is 0 Å². The van der Waals surface area contributed by atoms with Crippen molar-refractivity contribution in [1.29, 1.82) is 0 Å². The van der Waals surface area contributed by atoms with Crippen molar-refractivity contribution in [2.45, 2.75) is 10.6 Å². The monoisotopic (exact) mass is 240 g/mol. The lowest BCUT2D eigenvalue weighted by Crippen LogP contribution is -1.79. The van der Waals surface area contributed by atoms with Crippen LogP contribution in [0.3, 0.4) is 0 Å². The van der Waals surface area contributed by atoms with Gasteiger partial charge in [-0.3, -0.25) is 0 Å². The van der Waals surface area contributed by atoms with Gasteiger partial charge in [-0.1, -0.05) is 52.3 Å². The van der Waals surface area contributed by atoms with Crippen LogP contribution in [0.4, 0.5) is 0 Å². The molecule has 0 spiro atoms. The molecule has 1 aromatic rings. The summed E-state index contributed by atoms with van der Waals surface area (Å²) in [7, 11) is 0. The van der Waals surface area contributed by atoms with E-state index in [0.717, 1.165) is 6.42 Å². The highest BCUT2D eigenvalue weighted by Crippen LogP contribution is 2.41. The van der Waals surface area contributed by atoms with Gasteiger partial charge in [0.25, 0.3) is 0 Å². The molecule has 12 heavy (non-hydrogen) atoms. The lowest BCUT2D eigenvalue weighted by molar-refractivity contribution is 1.23. The molecule has 0 saturated carbocycles. The van der Waals surface area contributed by atoms with Crippen molar-refractivity contribution in [3.05, 3.63) is 42.0 Å². The minimum atomic E-state index is 0.577. The van der Waals surface area contributed by atoms with Crippen molar-refractivity contribution in [3.8, 4) is 0 Å². The fourth-order valence-electron chi connectivity index (χ4n) is 1.22. The number of hydrogen-bond donors (Lipinski definition) is 0. The topological polar surface area (TPSA) is 0 Å². The number of thioether (sulfide) groups is 1. The molecule has 1 aliphatic heterocycles. The van der Waals surface area contributed by atoms with Gasteiger partial charge in [0.05, 0.1) is 4.16 Å². The van der Waals surface area contributed by atoms with E-state index in [1.54, 1.807) is 0 Å². The average Bonchev–Trinajstić information content (AvgIpc) is 2.54. The molecule has 62 valence electrons. The second-order valence-corrected chi connectivity index (χ2v) is 5.65. The van der Waals surface area contributed by atoms with Crippen molar-refractivity contribution in [1.82, 2.24) is 0 Å². The molecule has 2 heteroatoms. The number of benzene rings is 1. The molecular formula is C10H9BrS. The molecule has 0 bridgehead atoms. The molecule has 1 aliphatic rings. The van der Waals surface area contributed by atoms with E-state index >= 15 is 0 Å².